The molecule has 128 valence electrons. The van der Waals surface area contributed by atoms with E-state index in [1.807, 2.05) is 43.3 Å². The largest absolute Gasteiger partial charge is 0.378 e. The summed E-state index contributed by atoms with van der Waals surface area (Å²) < 4.78 is 4.90. The van der Waals surface area contributed by atoms with Gasteiger partial charge < -0.3 is 20.1 Å². The van der Waals surface area contributed by atoms with Crippen LogP contribution in [0.5, 0.6) is 0 Å². The predicted octanol–water partition coefficient (Wildman–Crippen LogP) is 2.83. The van der Waals surface area contributed by atoms with Gasteiger partial charge in [0.15, 0.2) is 5.82 Å². The quantitative estimate of drug-likeness (QED) is 0.738. The smallest absolute Gasteiger partial charge is 0.260 e. The molecule has 0 saturated heterocycles. The van der Waals surface area contributed by atoms with Gasteiger partial charge in [-0.3, -0.25) is 4.79 Å². The van der Waals surface area contributed by atoms with E-state index in [4.69, 9.17) is 4.52 Å². The number of aromatic nitrogens is 3. The molecule has 2 heterocycles. The van der Waals surface area contributed by atoms with Crippen molar-refractivity contribution in [2.24, 2.45) is 0 Å². The van der Waals surface area contributed by atoms with Crippen LogP contribution in [0, 0.1) is 6.92 Å². The Balaban J connectivity index is 1.64. The van der Waals surface area contributed by atoms with Gasteiger partial charge in [-0.25, -0.2) is 9.97 Å². The van der Waals surface area contributed by atoms with Crippen LogP contribution in [-0.2, 0) is 0 Å². The summed E-state index contributed by atoms with van der Waals surface area (Å²) in [6.07, 6.45) is 2.90. The summed E-state index contributed by atoms with van der Waals surface area (Å²) in [6, 6.07) is 9.48. The molecule has 0 spiro atoms. The Morgan fingerprint density at radius 3 is 2.36 bits per heavy atom. The van der Waals surface area contributed by atoms with Crippen molar-refractivity contribution in [2.75, 3.05) is 29.6 Å². The van der Waals surface area contributed by atoms with E-state index in [2.05, 4.69) is 25.8 Å². The van der Waals surface area contributed by atoms with Crippen molar-refractivity contribution in [1.82, 2.24) is 15.1 Å². The molecule has 2 aromatic heterocycles. The zero-order chi connectivity index (χ0) is 17.8. The number of benzene rings is 1. The van der Waals surface area contributed by atoms with Crippen LogP contribution >= 0.6 is 0 Å². The second kappa shape index (κ2) is 7.00. The van der Waals surface area contributed by atoms with Crippen LogP contribution in [0.25, 0.3) is 0 Å². The summed E-state index contributed by atoms with van der Waals surface area (Å²) in [5.74, 6) is 1.03. The summed E-state index contributed by atoms with van der Waals surface area (Å²) in [5.41, 5.74) is 2.29. The van der Waals surface area contributed by atoms with Crippen molar-refractivity contribution >= 4 is 29.0 Å². The molecular formula is C17H18N6O2. The van der Waals surface area contributed by atoms with E-state index in [0.717, 1.165) is 11.4 Å². The number of carbonyl (C=O) groups is 1. The molecule has 0 aliphatic heterocycles. The SMILES string of the molecule is Cc1cc(NC(=O)c2cnc(Nc3ccc(N(C)C)cc3)nc2)no1. The monoisotopic (exact) mass is 338 g/mol. The lowest BCUT2D eigenvalue weighted by Gasteiger charge is -2.13. The molecule has 0 bridgehead atoms. The van der Waals surface area contributed by atoms with Crippen LogP contribution in [0.3, 0.4) is 0 Å². The van der Waals surface area contributed by atoms with Crippen LogP contribution in [0.2, 0.25) is 0 Å². The second-order valence-electron chi connectivity index (χ2n) is 5.64. The van der Waals surface area contributed by atoms with Crippen LogP contribution in [0.1, 0.15) is 16.1 Å². The molecular weight excluding hydrogens is 320 g/mol. The van der Waals surface area contributed by atoms with Gasteiger partial charge in [0.2, 0.25) is 5.95 Å². The normalized spacial score (nSPS) is 10.4. The molecule has 1 amide bonds. The molecule has 3 rings (SSSR count). The first-order valence-corrected chi connectivity index (χ1v) is 7.62. The van der Waals surface area contributed by atoms with Gasteiger partial charge in [0, 0.05) is 43.9 Å². The van der Waals surface area contributed by atoms with Gasteiger partial charge in [0.05, 0.1) is 5.56 Å². The number of nitrogens with one attached hydrogen (secondary N) is 2. The van der Waals surface area contributed by atoms with Gasteiger partial charge in [-0.15, -0.1) is 0 Å². The van der Waals surface area contributed by atoms with Gasteiger partial charge in [0.25, 0.3) is 5.91 Å². The molecule has 8 heteroatoms. The zero-order valence-electron chi connectivity index (χ0n) is 14.1. The number of hydrogen-bond acceptors (Lipinski definition) is 7. The molecule has 0 saturated carbocycles. The Bertz CT molecular complexity index is 856. The van der Waals surface area contributed by atoms with E-state index in [1.54, 1.807) is 13.0 Å². The predicted molar refractivity (Wildman–Crippen MR) is 95.3 cm³/mol. The fourth-order valence-corrected chi connectivity index (χ4v) is 2.10. The highest BCUT2D eigenvalue weighted by atomic mass is 16.5. The lowest BCUT2D eigenvalue weighted by atomic mass is 10.2. The summed E-state index contributed by atoms with van der Waals surface area (Å²) in [6.45, 7) is 1.75. The van der Waals surface area contributed by atoms with Gasteiger partial charge >= 0.3 is 0 Å². The highest BCUT2D eigenvalue weighted by Gasteiger charge is 2.10. The fourth-order valence-electron chi connectivity index (χ4n) is 2.10. The van der Waals surface area contributed by atoms with Crippen LogP contribution < -0.4 is 15.5 Å². The molecule has 1 aromatic carbocycles. The van der Waals surface area contributed by atoms with E-state index in [-0.39, 0.29) is 5.91 Å². The fraction of sp³-hybridized carbons (Fsp3) is 0.176. The number of anilines is 4. The van der Waals surface area contributed by atoms with Crippen LogP contribution in [0.15, 0.2) is 47.2 Å². The number of amides is 1. The van der Waals surface area contributed by atoms with Gasteiger partial charge in [-0.2, -0.15) is 0 Å². The Kier molecular flexibility index (Phi) is 4.60. The number of rotatable bonds is 5. The maximum Gasteiger partial charge on any atom is 0.260 e. The molecule has 0 radical (unpaired) electrons. The first kappa shape index (κ1) is 16.4. The van der Waals surface area contributed by atoms with E-state index in [9.17, 15) is 4.79 Å². The minimum atomic E-state index is -0.352. The minimum absolute atomic E-state index is 0.328. The van der Waals surface area contributed by atoms with Crippen molar-refractivity contribution in [2.45, 2.75) is 6.92 Å². The minimum Gasteiger partial charge on any atom is -0.378 e. The number of hydrogen-bond donors (Lipinski definition) is 2. The number of carbonyl (C=O) groups excluding carboxylic acids is 1. The van der Waals surface area contributed by atoms with Crippen molar-refractivity contribution < 1.29 is 9.32 Å². The molecule has 8 nitrogen and oxygen atoms in total. The Labute approximate surface area is 144 Å². The summed E-state index contributed by atoms with van der Waals surface area (Å²) in [4.78, 5) is 22.4. The van der Waals surface area contributed by atoms with Crippen LogP contribution in [-0.4, -0.2) is 35.1 Å². The average Bonchev–Trinajstić information content (AvgIpc) is 3.01. The third-order valence-corrected chi connectivity index (χ3v) is 3.42. The number of nitrogens with zero attached hydrogens (tertiary/aromatic N) is 4. The zero-order valence-corrected chi connectivity index (χ0v) is 14.1. The third kappa shape index (κ3) is 4.11. The van der Waals surface area contributed by atoms with Crippen molar-refractivity contribution in [3.8, 4) is 0 Å². The lowest BCUT2D eigenvalue weighted by Crippen LogP contribution is -2.13. The topological polar surface area (TPSA) is 96.2 Å². The summed E-state index contributed by atoms with van der Waals surface area (Å²) in [5, 5.41) is 9.42. The summed E-state index contributed by atoms with van der Waals surface area (Å²) >= 11 is 0. The molecule has 2 N–H and O–H groups in total. The Morgan fingerprint density at radius 1 is 1.12 bits per heavy atom. The summed E-state index contributed by atoms with van der Waals surface area (Å²) in [7, 11) is 3.96. The molecule has 3 aromatic rings. The van der Waals surface area contributed by atoms with Gasteiger partial charge in [-0.1, -0.05) is 5.16 Å². The van der Waals surface area contributed by atoms with E-state index in [1.165, 1.54) is 12.4 Å². The van der Waals surface area contributed by atoms with E-state index in [0.29, 0.717) is 23.1 Å². The van der Waals surface area contributed by atoms with Gasteiger partial charge in [0.1, 0.15) is 5.76 Å². The molecule has 0 aliphatic rings. The Morgan fingerprint density at radius 2 is 1.80 bits per heavy atom. The standard InChI is InChI=1S/C17H18N6O2/c1-11-8-15(22-25-11)21-16(24)12-9-18-17(19-10-12)20-13-4-6-14(7-5-13)23(2)3/h4-10H,1-3H3,(H,18,19,20)(H,21,22,24). The van der Waals surface area contributed by atoms with E-state index >= 15 is 0 Å². The molecule has 0 atom stereocenters. The second-order valence-corrected chi connectivity index (χ2v) is 5.64. The average molecular weight is 338 g/mol. The van der Waals surface area contributed by atoms with Gasteiger partial charge in [-0.05, 0) is 31.2 Å². The first-order chi connectivity index (χ1) is 12.0. The molecule has 0 fully saturated rings. The third-order valence-electron chi connectivity index (χ3n) is 3.42. The van der Waals surface area contributed by atoms with E-state index < -0.39 is 0 Å². The molecule has 0 unspecified atom stereocenters. The maximum atomic E-state index is 12.1. The van der Waals surface area contributed by atoms with Crippen molar-refractivity contribution in [1.29, 1.82) is 0 Å². The highest BCUT2D eigenvalue weighted by molar-refractivity contribution is 6.03. The van der Waals surface area contributed by atoms with Crippen molar-refractivity contribution in [3.63, 3.8) is 0 Å². The molecule has 0 aliphatic carbocycles. The van der Waals surface area contributed by atoms with Crippen molar-refractivity contribution in [3.05, 3.63) is 54.0 Å². The van der Waals surface area contributed by atoms with Crippen LogP contribution in [0.4, 0.5) is 23.1 Å². The highest BCUT2D eigenvalue weighted by Crippen LogP contribution is 2.18. The molecule has 25 heavy (non-hydrogen) atoms. The first-order valence-electron chi connectivity index (χ1n) is 7.62. The maximum absolute atomic E-state index is 12.1. The lowest BCUT2D eigenvalue weighted by molar-refractivity contribution is 0.102. The number of aryl methyl sites for hydroxylation is 1. The Hall–Kier alpha value is -3.42.